The fourth-order valence-electron chi connectivity index (χ4n) is 3.29. The minimum Gasteiger partial charge on any atom is -0.486 e. The molecule has 0 bridgehead atoms. The molecule has 0 radical (unpaired) electrons. The van der Waals surface area contributed by atoms with Crippen molar-refractivity contribution >= 4 is 17.5 Å². The van der Waals surface area contributed by atoms with Crippen molar-refractivity contribution < 1.29 is 23.8 Å². The first kappa shape index (κ1) is 20.4. The van der Waals surface area contributed by atoms with E-state index in [-0.39, 0.29) is 31.0 Å². The van der Waals surface area contributed by atoms with Gasteiger partial charge in [-0.3, -0.25) is 14.5 Å². The lowest BCUT2D eigenvalue weighted by atomic mass is 10.2. The fraction of sp³-hybridized carbons (Fsp3) is 0.600. The molecule has 0 aromatic heterocycles. The SMILES string of the molecule is CCC1CN(C(=O)CN(CC)CC(=O)Nc2ccc3c(c2)OCCO3)CCO1. The predicted octanol–water partition coefficient (Wildman–Crippen LogP) is 1.36. The molecule has 2 heterocycles. The Hall–Kier alpha value is -2.32. The normalized spacial score (nSPS) is 18.8. The molecule has 8 heteroatoms. The maximum absolute atomic E-state index is 12.6. The van der Waals surface area contributed by atoms with E-state index in [0.29, 0.717) is 56.6 Å². The van der Waals surface area contributed by atoms with E-state index in [1.54, 1.807) is 18.2 Å². The zero-order valence-corrected chi connectivity index (χ0v) is 16.6. The van der Waals surface area contributed by atoms with Gasteiger partial charge in [0, 0.05) is 24.8 Å². The fourth-order valence-corrected chi connectivity index (χ4v) is 3.29. The first-order valence-electron chi connectivity index (χ1n) is 9.90. The third-order valence-corrected chi connectivity index (χ3v) is 4.95. The van der Waals surface area contributed by atoms with Crippen LogP contribution in [0.1, 0.15) is 20.3 Å². The number of fused-ring (bicyclic) bond motifs is 1. The van der Waals surface area contributed by atoms with Crippen molar-refractivity contribution in [1.82, 2.24) is 9.80 Å². The Labute approximate surface area is 165 Å². The van der Waals surface area contributed by atoms with Gasteiger partial charge in [0.15, 0.2) is 11.5 Å². The van der Waals surface area contributed by atoms with Crippen LogP contribution < -0.4 is 14.8 Å². The summed E-state index contributed by atoms with van der Waals surface area (Å²) in [5.41, 5.74) is 0.649. The Morgan fingerprint density at radius 1 is 1.14 bits per heavy atom. The summed E-state index contributed by atoms with van der Waals surface area (Å²) in [7, 11) is 0. The van der Waals surface area contributed by atoms with Crippen LogP contribution in [-0.2, 0) is 14.3 Å². The molecule has 28 heavy (non-hydrogen) atoms. The van der Waals surface area contributed by atoms with E-state index < -0.39 is 0 Å². The van der Waals surface area contributed by atoms with Crippen molar-refractivity contribution in [2.75, 3.05) is 57.9 Å². The van der Waals surface area contributed by atoms with Gasteiger partial charge >= 0.3 is 0 Å². The van der Waals surface area contributed by atoms with E-state index in [1.807, 2.05) is 16.7 Å². The Morgan fingerprint density at radius 3 is 2.68 bits per heavy atom. The Bertz CT molecular complexity index is 696. The highest BCUT2D eigenvalue weighted by Crippen LogP contribution is 2.32. The summed E-state index contributed by atoms with van der Waals surface area (Å²) < 4.78 is 16.6. The van der Waals surface area contributed by atoms with E-state index in [9.17, 15) is 9.59 Å². The van der Waals surface area contributed by atoms with E-state index in [4.69, 9.17) is 14.2 Å². The monoisotopic (exact) mass is 391 g/mol. The lowest BCUT2D eigenvalue weighted by Crippen LogP contribution is -2.49. The number of carbonyl (C=O) groups is 2. The molecule has 0 saturated carbocycles. The molecule has 1 unspecified atom stereocenters. The molecule has 1 saturated heterocycles. The number of hydrogen-bond donors (Lipinski definition) is 1. The molecule has 1 fully saturated rings. The lowest BCUT2D eigenvalue weighted by molar-refractivity contribution is -0.140. The number of benzene rings is 1. The molecule has 2 aliphatic rings. The summed E-state index contributed by atoms with van der Waals surface area (Å²) in [5.74, 6) is 1.18. The second-order valence-electron chi connectivity index (χ2n) is 6.95. The average molecular weight is 391 g/mol. The molecular formula is C20H29N3O5. The van der Waals surface area contributed by atoms with Gasteiger partial charge in [-0.05, 0) is 25.1 Å². The predicted molar refractivity (Wildman–Crippen MR) is 105 cm³/mol. The van der Waals surface area contributed by atoms with Crippen LogP contribution in [0.15, 0.2) is 18.2 Å². The molecule has 1 aromatic rings. The van der Waals surface area contributed by atoms with E-state index in [0.717, 1.165) is 6.42 Å². The van der Waals surface area contributed by atoms with E-state index in [1.165, 1.54) is 0 Å². The van der Waals surface area contributed by atoms with E-state index >= 15 is 0 Å². The number of amides is 2. The minimum absolute atomic E-state index is 0.0377. The number of carbonyl (C=O) groups excluding carboxylic acids is 2. The highest BCUT2D eigenvalue weighted by molar-refractivity contribution is 5.93. The third kappa shape index (κ3) is 5.36. The zero-order chi connectivity index (χ0) is 19.9. The smallest absolute Gasteiger partial charge is 0.238 e. The highest BCUT2D eigenvalue weighted by Gasteiger charge is 2.24. The van der Waals surface area contributed by atoms with Gasteiger partial charge in [0.05, 0.1) is 25.8 Å². The maximum Gasteiger partial charge on any atom is 0.238 e. The van der Waals surface area contributed by atoms with Crippen LogP contribution in [-0.4, -0.2) is 80.3 Å². The molecule has 2 aliphatic heterocycles. The Morgan fingerprint density at radius 2 is 1.93 bits per heavy atom. The summed E-state index contributed by atoms with van der Waals surface area (Å²) >= 11 is 0. The van der Waals surface area contributed by atoms with Gasteiger partial charge in [0.1, 0.15) is 13.2 Å². The van der Waals surface area contributed by atoms with Crippen molar-refractivity contribution in [3.63, 3.8) is 0 Å². The van der Waals surface area contributed by atoms with Crippen molar-refractivity contribution in [2.24, 2.45) is 0 Å². The van der Waals surface area contributed by atoms with Crippen LogP contribution in [0.4, 0.5) is 5.69 Å². The molecule has 1 atom stereocenters. The van der Waals surface area contributed by atoms with Gasteiger partial charge in [0.25, 0.3) is 0 Å². The van der Waals surface area contributed by atoms with Crippen LogP contribution in [0.5, 0.6) is 11.5 Å². The van der Waals surface area contributed by atoms with Crippen molar-refractivity contribution in [2.45, 2.75) is 26.4 Å². The first-order chi connectivity index (χ1) is 13.6. The van der Waals surface area contributed by atoms with Crippen LogP contribution in [0.2, 0.25) is 0 Å². The number of morpholine rings is 1. The number of likely N-dealkylation sites (N-methyl/N-ethyl adjacent to an activating group) is 1. The summed E-state index contributed by atoms with van der Waals surface area (Å²) in [6, 6.07) is 5.33. The topological polar surface area (TPSA) is 80.3 Å². The zero-order valence-electron chi connectivity index (χ0n) is 16.6. The minimum atomic E-state index is -0.167. The average Bonchev–Trinajstić information content (AvgIpc) is 2.73. The standard InChI is InChI=1S/C20H29N3O5/c1-3-16-12-23(7-8-26-16)20(25)14-22(4-2)13-19(24)21-15-5-6-17-18(11-15)28-10-9-27-17/h5-6,11,16H,3-4,7-10,12-14H2,1-2H3,(H,21,24). The molecule has 0 aliphatic carbocycles. The van der Waals surface area contributed by atoms with Gasteiger partial charge in [-0.25, -0.2) is 0 Å². The number of rotatable bonds is 7. The quantitative estimate of drug-likeness (QED) is 0.756. The Kier molecular flexibility index (Phi) is 7.11. The number of anilines is 1. The number of ether oxygens (including phenoxy) is 3. The van der Waals surface area contributed by atoms with Crippen molar-refractivity contribution in [1.29, 1.82) is 0 Å². The first-order valence-corrected chi connectivity index (χ1v) is 9.90. The molecule has 1 N–H and O–H groups in total. The maximum atomic E-state index is 12.6. The Balaban J connectivity index is 1.51. The summed E-state index contributed by atoms with van der Waals surface area (Å²) in [6.07, 6.45) is 0.991. The summed E-state index contributed by atoms with van der Waals surface area (Å²) in [5, 5.41) is 2.86. The van der Waals surface area contributed by atoms with Crippen LogP contribution in [0.25, 0.3) is 0 Å². The summed E-state index contributed by atoms with van der Waals surface area (Å²) in [4.78, 5) is 28.7. The highest BCUT2D eigenvalue weighted by atomic mass is 16.6. The molecule has 2 amide bonds. The van der Waals surface area contributed by atoms with Gasteiger partial charge in [-0.15, -0.1) is 0 Å². The lowest BCUT2D eigenvalue weighted by Gasteiger charge is -2.33. The van der Waals surface area contributed by atoms with Crippen LogP contribution >= 0.6 is 0 Å². The van der Waals surface area contributed by atoms with Crippen molar-refractivity contribution in [3.8, 4) is 11.5 Å². The largest absolute Gasteiger partial charge is 0.486 e. The van der Waals surface area contributed by atoms with Crippen LogP contribution in [0, 0.1) is 0 Å². The van der Waals surface area contributed by atoms with Gasteiger partial charge in [-0.1, -0.05) is 13.8 Å². The molecule has 0 spiro atoms. The number of nitrogens with zero attached hydrogens (tertiary/aromatic N) is 2. The molecule has 1 aromatic carbocycles. The number of hydrogen-bond acceptors (Lipinski definition) is 6. The van der Waals surface area contributed by atoms with Crippen LogP contribution in [0.3, 0.4) is 0 Å². The third-order valence-electron chi connectivity index (χ3n) is 4.95. The summed E-state index contributed by atoms with van der Waals surface area (Å²) in [6.45, 7) is 7.81. The molecule has 8 nitrogen and oxygen atoms in total. The second-order valence-corrected chi connectivity index (χ2v) is 6.95. The number of nitrogens with one attached hydrogen (secondary N) is 1. The van der Waals surface area contributed by atoms with E-state index in [2.05, 4.69) is 12.2 Å². The van der Waals surface area contributed by atoms with Gasteiger partial charge in [-0.2, -0.15) is 0 Å². The molecule has 154 valence electrons. The molecular weight excluding hydrogens is 362 g/mol. The van der Waals surface area contributed by atoms with Gasteiger partial charge < -0.3 is 24.4 Å². The van der Waals surface area contributed by atoms with Crippen molar-refractivity contribution in [3.05, 3.63) is 18.2 Å². The van der Waals surface area contributed by atoms with Gasteiger partial charge in [0.2, 0.25) is 11.8 Å². The molecule has 3 rings (SSSR count). The second kappa shape index (κ2) is 9.75.